The molecule has 0 spiro atoms. The number of hydrogen-bond acceptors (Lipinski definition) is 3. The molecule has 1 N–H and O–H groups in total. The van der Waals surface area contributed by atoms with Gasteiger partial charge in [0.25, 0.3) is 0 Å². The number of ether oxygens (including phenoxy) is 1. The third-order valence-corrected chi connectivity index (χ3v) is 4.00. The second-order valence-corrected chi connectivity index (χ2v) is 5.54. The van der Waals surface area contributed by atoms with E-state index in [2.05, 4.69) is 34.9 Å². The molecule has 1 saturated carbocycles. The molecule has 2 rings (SSSR count). The van der Waals surface area contributed by atoms with E-state index < -0.39 is 0 Å². The molecule has 0 radical (unpaired) electrons. The number of aromatic nitrogens is 2. The maximum absolute atomic E-state index is 5.06. The Morgan fingerprint density at radius 2 is 2.28 bits per heavy atom. The molecule has 1 fully saturated rings. The number of rotatable bonds is 5. The summed E-state index contributed by atoms with van der Waals surface area (Å²) in [5.41, 5.74) is 0. The number of hydrogen-bond donors (Lipinski definition) is 1. The van der Waals surface area contributed by atoms with Crippen molar-refractivity contribution in [1.82, 2.24) is 9.55 Å². The van der Waals surface area contributed by atoms with Crippen molar-refractivity contribution >= 4 is 5.95 Å². The lowest BCUT2D eigenvalue weighted by atomic mass is 9.80. The summed E-state index contributed by atoms with van der Waals surface area (Å²) in [4.78, 5) is 4.41. The number of nitrogens with one attached hydrogen (secondary N) is 1. The summed E-state index contributed by atoms with van der Waals surface area (Å²) in [6, 6.07) is 0.591. The molecule has 3 unspecified atom stereocenters. The van der Waals surface area contributed by atoms with E-state index >= 15 is 0 Å². The fraction of sp³-hybridized carbons (Fsp3) is 0.786. The number of methoxy groups -OCH3 is 1. The van der Waals surface area contributed by atoms with Gasteiger partial charge in [0, 0.05) is 32.1 Å². The molecule has 0 aromatic carbocycles. The first kappa shape index (κ1) is 13.4. The normalized spacial score (nSPS) is 28.3. The van der Waals surface area contributed by atoms with Crippen molar-refractivity contribution in [2.24, 2.45) is 11.8 Å². The average molecular weight is 251 g/mol. The highest BCUT2D eigenvalue weighted by molar-refractivity contribution is 5.26. The summed E-state index contributed by atoms with van der Waals surface area (Å²) in [6.45, 7) is 6.24. The van der Waals surface area contributed by atoms with Gasteiger partial charge in [-0.25, -0.2) is 4.98 Å². The van der Waals surface area contributed by atoms with E-state index in [9.17, 15) is 0 Å². The van der Waals surface area contributed by atoms with Crippen LogP contribution < -0.4 is 5.32 Å². The Morgan fingerprint density at radius 3 is 3.00 bits per heavy atom. The molecule has 4 heteroatoms. The predicted octanol–water partition coefficient (Wildman–Crippen LogP) is 2.94. The summed E-state index contributed by atoms with van der Waals surface area (Å²) < 4.78 is 7.37. The van der Waals surface area contributed by atoms with Gasteiger partial charge in [-0.15, -0.1) is 0 Å². The maximum atomic E-state index is 5.06. The van der Waals surface area contributed by atoms with Crippen LogP contribution in [0, 0.1) is 11.8 Å². The Morgan fingerprint density at radius 1 is 1.44 bits per heavy atom. The molecule has 18 heavy (non-hydrogen) atoms. The van der Waals surface area contributed by atoms with Gasteiger partial charge in [0.2, 0.25) is 5.95 Å². The fourth-order valence-corrected chi connectivity index (χ4v) is 3.05. The molecule has 102 valence electrons. The number of anilines is 1. The third-order valence-electron chi connectivity index (χ3n) is 4.00. The highest BCUT2D eigenvalue weighted by atomic mass is 16.5. The summed E-state index contributed by atoms with van der Waals surface area (Å²) in [5.74, 6) is 2.58. The Kier molecular flexibility index (Phi) is 4.64. The van der Waals surface area contributed by atoms with E-state index in [0.29, 0.717) is 12.6 Å². The molecule has 0 amide bonds. The first-order valence-electron chi connectivity index (χ1n) is 6.98. The zero-order valence-electron chi connectivity index (χ0n) is 11.7. The lowest BCUT2D eigenvalue weighted by molar-refractivity contribution is 0.205. The van der Waals surface area contributed by atoms with Gasteiger partial charge in [0.1, 0.15) is 0 Å². The van der Waals surface area contributed by atoms with Gasteiger partial charge >= 0.3 is 0 Å². The third kappa shape index (κ3) is 3.05. The summed E-state index contributed by atoms with van der Waals surface area (Å²) >= 11 is 0. The highest BCUT2D eigenvalue weighted by Gasteiger charge is 2.27. The van der Waals surface area contributed by atoms with Crippen LogP contribution in [0.25, 0.3) is 0 Å². The van der Waals surface area contributed by atoms with Crippen LogP contribution in [0.4, 0.5) is 5.95 Å². The SMILES string of the molecule is COCCNc1nccn1C1CCC(C)CC1C. The molecule has 1 aliphatic rings. The van der Waals surface area contributed by atoms with Gasteiger partial charge < -0.3 is 14.6 Å². The quantitative estimate of drug-likeness (QED) is 0.818. The second-order valence-electron chi connectivity index (χ2n) is 5.54. The van der Waals surface area contributed by atoms with Crippen LogP contribution in [-0.4, -0.2) is 29.8 Å². The van der Waals surface area contributed by atoms with Crippen LogP contribution in [-0.2, 0) is 4.74 Å². The van der Waals surface area contributed by atoms with E-state index in [4.69, 9.17) is 4.74 Å². The van der Waals surface area contributed by atoms with Crippen molar-refractivity contribution in [3.63, 3.8) is 0 Å². The van der Waals surface area contributed by atoms with Crippen LogP contribution in [0.5, 0.6) is 0 Å². The smallest absolute Gasteiger partial charge is 0.203 e. The Bertz CT molecular complexity index is 364. The molecule has 1 heterocycles. The van der Waals surface area contributed by atoms with Gasteiger partial charge in [-0.3, -0.25) is 0 Å². The standard InChI is InChI=1S/C14H25N3O/c1-11-4-5-13(12(2)10-11)17-8-6-15-14(17)16-7-9-18-3/h6,8,11-13H,4-5,7,9-10H2,1-3H3,(H,15,16). The molecule has 1 aromatic rings. The van der Waals surface area contributed by atoms with E-state index in [1.165, 1.54) is 19.3 Å². The van der Waals surface area contributed by atoms with E-state index in [-0.39, 0.29) is 0 Å². The number of nitrogens with zero attached hydrogens (tertiary/aromatic N) is 2. The largest absolute Gasteiger partial charge is 0.383 e. The fourth-order valence-electron chi connectivity index (χ4n) is 3.05. The molecular formula is C14H25N3O. The van der Waals surface area contributed by atoms with Crippen LogP contribution in [0.2, 0.25) is 0 Å². The second kappa shape index (κ2) is 6.23. The van der Waals surface area contributed by atoms with E-state index in [1.807, 2.05) is 6.20 Å². The van der Waals surface area contributed by atoms with Gasteiger partial charge in [0.15, 0.2) is 0 Å². The molecule has 0 aliphatic heterocycles. The van der Waals surface area contributed by atoms with Crippen molar-refractivity contribution in [1.29, 1.82) is 0 Å². The first-order chi connectivity index (χ1) is 8.72. The van der Waals surface area contributed by atoms with Crippen LogP contribution >= 0.6 is 0 Å². The number of imidazole rings is 1. The zero-order chi connectivity index (χ0) is 13.0. The van der Waals surface area contributed by atoms with Crippen molar-refractivity contribution in [3.05, 3.63) is 12.4 Å². The topological polar surface area (TPSA) is 39.1 Å². The van der Waals surface area contributed by atoms with Gasteiger partial charge in [-0.2, -0.15) is 0 Å². The zero-order valence-corrected chi connectivity index (χ0v) is 11.7. The van der Waals surface area contributed by atoms with E-state index in [1.54, 1.807) is 7.11 Å². The summed E-state index contributed by atoms with van der Waals surface area (Å²) in [5, 5.41) is 3.35. The molecule has 4 nitrogen and oxygen atoms in total. The minimum absolute atomic E-state index is 0.591. The Labute approximate surface area is 110 Å². The Balaban J connectivity index is 2.01. The van der Waals surface area contributed by atoms with Crippen molar-refractivity contribution in [2.45, 2.75) is 39.2 Å². The first-order valence-corrected chi connectivity index (χ1v) is 6.98. The van der Waals surface area contributed by atoms with E-state index in [0.717, 1.165) is 24.3 Å². The van der Waals surface area contributed by atoms with Crippen LogP contribution in [0.1, 0.15) is 39.2 Å². The van der Waals surface area contributed by atoms with Crippen LogP contribution in [0.15, 0.2) is 12.4 Å². The van der Waals surface area contributed by atoms with Gasteiger partial charge in [-0.05, 0) is 31.1 Å². The lowest BCUT2D eigenvalue weighted by Gasteiger charge is -2.34. The Hall–Kier alpha value is -1.03. The minimum atomic E-state index is 0.591. The highest BCUT2D eigenvalue weighted by Crippen LogP contribution is 2.37. The molecule has 3 atom stereocenters. The average Bonchev–Trinajstić information content (AvgIpc) is 2.78. The molecule has 0 saturated heterocycles. The van der Waals surface area contributed by atoms with Crippen LogP contribution in [0.3, 0.4) is 0 Å². The molecule has 1 aliphatic carbocycles. The van der Waals surface area contributed by atoms with Crippen molar-refractivity contribution in [3.8, 4) is 0 Å². The maximum Gasteiger partial charge on any atom is 0.203 e. The monoisotopic (exact) mass is 251 g/mol. The van der Waals surface area contributed by atoms with Crippen molar-refractivity contribution < 1.29 is 4.74 Å². The van der Waals surface area contributed by atoms with Gasteiger partial charge in [0.05, 0.1) is 6.61 Å². The molecule has 1 aromatic heterocycles. The summed E-state index contributed by atoms with van der Waals surface area (Å²) in [6.07, 6.45) is 7.90. The predicted molar refractivity (Wildman–Crippen MR) is 73.8 cm³/mol. The van der Waals surface area contributed by atoms with Gasteiger partial charge in [-0.1, -0.05) is 13.8 Å². The molecular weight excluding hydrogens is 226 g/mol. The van der Waals surface area contributed by atoms with Crippen molar-refractivity contribution in [2.75, 3.05) is 25.6 Å². The molecule has 0 bridgehead atoms. The lowest BCUT2D eigenvalue weighted by Crippen LogP contribution is -2.26. The summed E-state index contributed by atoms with van der Waals surface area (Å²) in [7, 11) is 1.72. The minimum Gasteiger partial charge on any atom is -0.383 e.